The standard InChI is InChI=1S/C9H12F5NO4/c1-3-19-6(17)7(2,18)5(16)15-4-8(10,11)9(12,13)14/h18H,3-4H2,1-2H3,(H,15,16)/t7-/m0/s1. The average Bonchev–Trinajstić information content (AvgIpc) is 2.24. The predicted molar refractivity (Wildman–Crippen MR) is 51.3 cm³/mol. The molecule has 0 spiro atoms. The number of nitrogens with one attached hydrogen (secondary N) is 1. The molecule has 1 atom stereocenters. The van der Waals surface area contributed by atoms with Crippen LogP contribution in [-0.2, 0) is 14.3 Å². The fourth-order valence-electron chi connectivity index (χ4n) is 0.828. The Morgan fingerprint density at radius 2 is 1.68 bits per heavy atom. The highest BCUT2D eigenvalue weighted by molar-refractivity contribution is 6.05. The molecule has 0 radical (unpaired) electrons. The van der Waals surface area contributed by atoms with Crippen LogP contribution in [0.3, 0.4) is 0 Å². The summed E-state index contributed by atoms with van der Waals surface area (Å²) in [5.74, 6) is -8.34. The van der Waals surface area contributed by atoms with Crippen molar-refractivity contribution in [2.24, 2.45) is 0 Å². The van der Waals surface area contributed by atoms with E-state index in [1.165, 1.54) is 6.92 Å². The van der Waals surface area contributed by atoms with Crippen LogP contribution >= 0.6 is 0 Å². The number of hydrogen-bond donors (Lipinski definition) is 2. The molecular weight excluding hydrogens is 281 g/mol. The summed E-state index contributed by atoms with van der Waals surface area (Å²) in [5.41, 5.74) is -2.85. The van der Waals surface area contributed by atoms with Crippen molar-refractivity contribution >= 4 is 11.9 Å². The van der Waals surface area contributed by atoms with E-state index in [0.717, 1.165) is 5.32 Å². The topological polar surface area (TPSA) is 75.6 Å². The lowest BCUT2D eigenvalue weighted by Gasteiger charge is -2.23. The number of hydrogen-bond acceptors (Lipinski definition) is 4. The Hall–Kier alpha value is -1.45. The lowest BCUT2D eigenvalue weighted by molar-refractivity contribution is -0.278. The minimum absolute atomic E-state index is 0.207. The predicted octanol–water partition coefficient (Wildman–Crippen LogP) is 0.614. The first-order valence-corrected chi connectivity index (χ1v) is 4.98. The number of amides is 1. The smallest absolute Gasteiger partial charge is 0.455 e. The van der Waals surface area contributed by atoms with Gasteiger partial charge in [0.1, 0.15) is 0 Å². The van der Waals surface area contributed by atoms with Crippen LogP contribution in [0.4, 0.5) is 22.0 Å². The van der Waals surface area contributed by atoms with Crippen LogP contribution < -0.4 is 5.32 Å². The molecule has 0 fully saturated rings. The van der Waals surface area contributed by atoms with E-state index in [1.807, 2.05) is 0 Å². The molecule has 2 N–H and O–H groups in total. The van der Waals surface area contributed by atoms with E-state index >= 15 is 0 Å². The zero-order chi connectivity index (χ0) is 15.5. The van der Waals surface area contributed by atoms with Gasteiger partial charge in [-0.05, 0) is 13.8 Å². The third-order valence-electron chi connectivity index (χ3n) is 2.00. The van der Waals surface area contributed by atoms with Crippen molar-refractivity contribution < 1.29 is 41.4 Å². The average molecular weight is 293 g/mol. The summed E-state index contributed by atoms with van der Waals surface area (Å²) < 4.78 is 64.7. The Bertz CT molecular complexity index is 353. The van der Waals surface area contributed by atoms with Crippen LogP contribution in [0.15, 0.2) is 0 Å². The number of carbonyl (C=O) groups is 2. The van der Waals surface area contributed by atoms with Crippen LogP contribution in [0.5, 0.6) is 0 Å². The number of carbonyl (C=O) groups excluding carboxylic acids is 2. The molecule has 10 heteroatoms. The Morgan fingerprint density at radius 3 is 2.05 bits per heavy atom. The van der Waals surface area contributed by atoms with Crippen LogP contribution in [0.2, 0.25) is 0 Å². The van der Waals surface area contributed by atoms with Gasteiger partial charge in [0.2, 0.25) is 5.60 Å². The molecule has 19 heavy (non-hydrogen) atoms. The molecule has 0 aliphatic rings. The maximum absolute atomic E-state index is 12.5. The van der Waals surface area contributed by atoms with Crippen molar-refractivity contribution in [2.45, 2.75) is 31.5 Å². The van der Waals surface area contributed by atoms with E-state index in [2.05, 4.69) is 4.74 Å². The molecule has 0 unspecified atom stereocenters. The molecule has 0 aliphatic carbocycles. The summed E-state index contributed by atoms with van der Waals surface area (Å²) >= 11 is 0. The number of halogens is 5. The fourth-order valence-corrected chi connectivity index (χ4v) is 0.828. The van der Waals surface area contributed by atoms with Crippen LogP contribution in [0.1, 0.15) is 13.8 Å². The highest BCUT2D eigenvalue weighted by atomic mass is 19.4. The molecule has 0 heterocycles. The van der Waals surface area contributed by atoms with Crippen molar-refractivity contribution in [3.63, 3.8) is 0 Å². The van der Waals surface area contributed by atoms with Gasteiger partial charge in [-0.25, -0.2) is 4.79 Å². The first-order valence-electron chi connectivity index (χ1n) is 4.98. The largest absolute Gasteiger partial charge is 0.463 e. The molecule has 1 amide bonds. The third-order valence-corrected chi connectivity index (χ3v) is 2.00. The van der Waals surface area contributed by atoms with E-state index in [1.54, 1.807) is 0 Å². The van der Waals surface area contributed by atoms with Gasteiger partial charge in [-0.15, -0.1) is 0 Å². The van der Waals surface area contributed by atoms with Gasteiger partial charge in [0, 0.05) is 0 Å². The summed E-state index contributed by atoms with van der Waals surface area (Å²) in [6, 6.07) is 0. The van der Waals surface area contributed by atoms with E-state index in [-0.39, 0.29) is 6.61 Å². The Balaban J connectivity index is 4.68. The minimum Gasteiger partial charge on any atom is -0.463 e. The highest BCUT2D eigenvalue weighted by Crippen LogP contribution is 2.34. The van der Waals surface area contributed by atoms with Crippen molar-refractivity contribution in [1.82, 2.24) is 5.32 Å². The molecule has 0 aromatic carbocycles. The van der Waals surface area contributed by atoms with Crippen LogP contribution in [-0.4, -0.2) is 47.8 Å². The van der Waals surface area contributed by atoms with Crippen LogP contribution in [0.25, 0.3) is 0 Å². The Kier molecular flexibility index (Phi) is 5.24. The molecule has 0 aliphatic heterocycles. The van der Waals surface area contributed by atoms with Crippen molar-refractivity contribution in [2.75, 3.05) is 13.2 Å². The van der Waals surface area contributed by atoms with Gasteiger partial charge in [0.25, 0.3) is 5.91 Å². The van der Waals surface area contributed by atoms with Gasteiger partial charge in [-0.2, -0.15) is 22.0 Å². The second kappa shape index (κ2) is 5.68. The SMILES string of the molecule is CCOC(=O)[C@@](C)(O)C(=O)NCC(F)(F)C(F)(F)F. The molecule has 0 saturated carbocycles. The van der Waals surface area contributed by atoms with Gasteiger partial charge in [0.15, 0.2) is 0 Å². The second-order valence-electron chi connectivity index (χ2n) is 3.68. The van der Waals surface area contributed by atoms with Gasteiger partial charge < -0.3 is 15.2 Å². The zero-order valence-electron chi connectivity index (χ0n) is 9.98. The Morgan fingerprint density at radius 1 is 1.21 bits per heavy atom. The number of rotatable bonds is 5. The number of aliphatic hydroxyl groups is 1. The number of alkyl halides is 5. The summed E-state index contributed by atoms with van der Waals surface area (Å²) in [6.45, 7) is -0.332. The first-order chi connectivity index (χ1) is 8.36. The molecule has 0 bridgehead atoms. The van der Waals surface area contributed by atoms with E-state index in [4.69, 9.17) is 0 Å². The second-order valence-corrected chi connectivity index (χ2v) is 3.68. The first kappa shape index (κ1) is 17.6. The molecule has 112 valence electrons. The summed E-state index contributed by atoms with van der Waals surface area (Å²) in [4.78, 5) is 22.3. The maximum Gasteiger partial charge on any atom is 0.455 e. The van der Waals surface area contributed by atoms with Gasteiger partial charge >= 0.3 is 18.1 Å². The molecule has 0 saturated heterocycles. The van der Waals surface area contributed by atoms with Crippen LogP contribution in [0, 0.1) is 0 Å². The lowest BCUT2D eigenvalue weighted by atomic mass is 10.1. The van der Waals surface area contributed by atoms with E-state index in [0.29, 0.717) is 6.92 Å². The number of ether oxygens (including phenoxy) is 1. The third kappa shape index (κ3) is 4.30. The highest BCUT2D eigenvalue weighted by Gasteiger charge is 2.58. The van der Waals surface area contributed by atoms with E-state index in [9.17, 15) is 36.6 Å². The summed E-state index contributed by atoms with van der Waals surface area (Å²) in [5, 5.41) is 10.5. The van der Waals surface area contributed by atoms with Crippen molar-refractivity contribution in [1.29, 1.82) is 0 Å². The quantitative estimate of drug-likeness (QED) is 0.442. The van der Waals surface area contributed by atoms with Gasteiger partial charge in [-0.1, -0.05) is 0 Å². The van der Waals surface area contributed by atoms with Crippen molar-refractivity contribution in [3.05, 3.63) is 0 Å². The molecule has 5 nitrogen and oxygen atoms in total. The Labute approximate surface area is 104 Å². The summed E-state index contributed by atoms with van der Waals surface area (Å²) in [6.07, 6.45) is -5.85. The van der Waals surface area contributed by atoms with Gasteiger partial charge in [0.05, 0.1) is 13.2 Å². The summed E-state index contributed by atoms with van der Waals surface area (Å²) in [7, 11) is 0. The van der Waals surface area contributed by atoms with Crippen molar-refractivity contribution in [3.8, 4) is 0 Å². The fraction of sp³-hybridized carbons (Fsp3) is 0.778. The molecule has 0 aromatic heterocycles. The number of esters is 1. The van der Waals surface area contributed by atoms with E-state index < -0.39 is 36.1 Å². The molecular formula is C9H12F5NO4. The zero-order valence-corrected chi connectivity index (χ0v) is 9.98. The molecule has 0 aromatic rings. The van der Waals surface area contributed by atoms with Gasteiger partial charge in [-0.3, -0.25) is 4.79 Å². The minimum atomic E-state index is -5.85. The lowest BCUT2D eigenvalue weighted by Crippen LogP contribution is -2.55. The monoisotopic (exact) mass is 293 g/mol. The maximum atomic E-state index is 12.5. The normalized spacial score (nSPS) is 15.6. The molecule has 0 rings (SSSR count).